The molecule has 1 amide bonds. The van der Waals surface area contributed by atoms with E-state index in [1.807, 2.05) is 0 Å². The number of carbonyl (C=O) groups excluding carboxylic acids is 1. The van der Waals surface area contributed by atoms with Crippen molar-refractivity contribution in [1.29, 1.82) is 0 Å². The maximum atomic E-state index is 12.4. The predicted octanol–water partition coefficient (Wildman–Crippen LogP) is 2.01. The third kappa shape index (κ3) is 3.07. The zero-order chi connectivity index (χ0) is 16.0. The molecule has 0 aromatic carbocycles. The normalized spacial score (nSPS) is 15.9. The minimum absolute atomic E-state index is 0.0897. The average Bonchev–Trinajstić information content (AvgIpc) is 3.05. The zero-order valence-electron chi connectivity index (χ0n) is 12.7. The van der Waals surface area contributed by atoms with Crippen molar-refractivity contribution < 1.29 is 14.8 Å². The summed E-state index contributed by atoms with van der Waals surface area (Å²) in [5.74, 6) is -0.415. The first-order chi connectivity index (χ1) is 9.53. The summed E-state index contributed by atoms with van der Waals surface area (Å²) in [6.45, 7) is 6.64. The Hall–Kier alpha value is -1.89. The third-order valence-corrected chi connectivity index (χ3v) is 4.17. The molecule has 7 heteroatoms. The molecule has 0 bridgehead atoms. The van der Waals surface area contributed by atoms with E-state index in [9.17, 15) is 20.0 Å². The number of aromatic nitrogens is 1. The number of nitro groups is 1. The van der Waals surface area contributed by atoms with Crippen LogP contribution in [0.25, 0.3) is 0 Å². The number of aliphatic hydroxyl groups is 1. The molecule has 0 saturated heterocycles. The van der Waals surface area contributed by atoms with Crippen LogP contribution in [-0.2, 0) is 0 Å². The quantitative estimate of drug-likeness (QED) is 0.641. The minimum Gasteiger partial charge on any atom is -0.388 e. The smallest absolute Gasteiger partial charge is 0.287 e. The Morgan fingerprint density at radius 2 is 2.00 bits per heavy atom. The fourth-order valence-corrected chi connectivity index (χ4v) is 1.90. The van der Waals surface area contributed by atoms with Gasteiger partial charge in [0.05, 0.1) is 22.3 Å². The van der Waals surface area contributed by atoms with Gasteiger partial charge >= 0.3 is 0 Å². The topological polar surface area (TPSA) is 97.4 Å². The highest BCUT2D eigenvalue weighted by molar-refractivity contribution is 5.94. The molecule has 1 fully saturated rings. The summed E-state index contributed by atoms with van der Waals surface area (Å²) in [7, 11) is 0. The van der Waals surface area contributed by atoms with Gasteiger partial charge < -0.3 is 15.0 Å². The Morgan fingerprint density at radius 3 is 2.43 bits per heavy atom. The molecule has 0 atom stereocenters. The molecule has 1 aliphatic rings. The second-order valence-electron chi connectivity index (χ2n) is 6.62. The zero-order valence-corrected chi connectivity index (χ0v) is 12.7. The van der Waals surface area contributed by atoms with Crippen LogP contribution in [-0.4, -0.2) is 31.6 Å². The molecule has 7 nitrogen and oxygen atoms in total. The lowest BCUT2D eigenvalue weighted by atomic mass is 9.86. The summed E-state index contributed by atoms with van der Waals surface area (Å²) in [6, 6.07) is 1.44. The van der Waals surface area contributed by atoms with Gasteiger partial charge in [-0.15, -0.1) is 0 Å². The van der Waals surface area contributed by atoms with Gasteiger partial charge in [-0.1, -0.05) is 0 Å². The minimum atomic E-state index is -1.12. The summed E-state index contributed by atoms with van der Waals surface area (Å²) in [4.78, 5) is 22.8. The second kappa shape index (κ2) is 4.84. The van der Waals surface area contributed by atoms with Gasteiger partial charge in [-0.2, -0.15) is 0 Å². The third-order valence-electron chi connectivity index (χ3n) is 4.17. The van der Waals surface area contributed by atoms with E-state index in [-0.39, 0.29) is 17.4 Å². The fourth-order valence-electron chi connectivity index (χ4n) is 1.90. The highest BCUT2D eigenvalue weighted by Gasteiger charge is 2.38. The van der Waals surface area contributed by atoms with Gasteiger partial charge in [0.1, 0.15) is 5.69 Å². The predicted molar refractivity (Wildman–Crippen MR) is 77.2 cm³/mol. The van der Waals surface area contributed by atoms with Crippen LogP contribution >= 0.6 is 0 Å². The molecule has 21 heavy (non-hydrogen) atoms. The number of nitrogens with zero attached hydrogens (tertiary/aromatic N) is 2. The first-order valence-electron chi connectivity index (χ1n) is 6.94. The van der Waals surface area contributed by atoms with Crippen LogP contribution in [0, 0.1) is 10.1 Å². The highest BCUT2D eigenvalue weighted by Crippen LogP contribution is 2.38. The molecule has 1 heterocycles. The maximum absolute atomic E-state index is 12.4. The van der Waals surface area contributed by atoms with E-state index in [4.69, 9.17) is 0 Å². The van der Waals surface area contributed by atoms with Crippen molar-refractivity contribution in [3.63, 3.8) is 0 Å². The van der Waals surface area contributed by atoms with Crippen LogP contribution in [0.4, 0.5) is 5.69 Å². The van der Waals surface area contributed by atoms with E-state index >= 15 is 0 Å². The molecule has 2 N–H and O–H groups in total. The first kappa shape index (κ1) is 15.5. The SMILES string of the molecule is CC(C)(O)C(C)(C)NC(=O)c1cc([N+](=O)[O-])cn1C1CC1. The molecule has 0 aliphatic heterocycles. The van der Waals surface area contributed by atoms with Gasteiger partial charge in [-0.25, -0.2) is 0 Å². The number of carbonyl (C=O) groups is 1. The Bertz CT molecular complexity index is 580. The molecule has 0 unspecified atom stereocenters. The van der Waals surface area contributed by atoms with Gasteiger partial charge in [0.25, 0.3) is 11.6 Å². The Kier molecular flexibility index (Phi) is 3.57. The molecule has 1 aliphatic carbocycles. The van der Waals surface area contributed by atoms with Gasteiger partial charge in [-0.05, 0) is 40.5 Å². The van der Waals surface area contributed by atoms with Crippen LogP contribution in [0.2, 0.25) is 0 Å². The number of hydrogen-bond acceptors (Lipinski definition) is 4. The van der Waals surface area contributed by atoms with Gasteiger partial charge in [0.2, 0.25) is 0 Å². The van der Waals surface area contributed by atoms with Crippen molar-refractivity contribution >= 4 is 11.6 Å². The molecule has 0 spiro atoms. The standard InChI is InChI=1S/C14H21N3O4/c1-13(2,14(3,4)19)15-12(18)11-7-10(17(20)21)8-16(11)9-5-6-9/h7-9,19H,5-6H2,1-4H3,(H,15,18). The molecular formula is C14H21N3O4. The lowest BCUT2D eigenvalue weighted by Crippen LogP contribution is -2.57. The van der Waals surface area contributed by atoms with E-state index in [1.54, 1.807) is 32.3 Å². The monoisotopic (exact) mass is 295 g/mol. The number of hydrogen-bond donors (Lipinski definition) is 2. The van der Waals surface area contributed by atoms with Gasteiger partial charge in [0.15, 0.2) is 0 Å². The summed E-state index contributed by atoms with van der Waals surface area (Å²) in [6.07, 6.45) is 3.24. The van der Waals surface area contributed by atoms with Crippen LogP contribution in [0.15, 0.2) is 12.3 Å². The van der Waals surface area contributed by atoms with E-state index in [0.717, 1.165) is 12.8 Å². The summed E-state index contributed by atoms with van der Waals surface area (Å²) < 4.78 is 1.66. The molecular weight excluding hydrogens is 274 g/mol. The molecule has 1 saturated carbocycles. The average molecular weight is 295 g/mol. The second-order valence-corrected chi connectivity index (χ2v) is 6.62. The van der Waals surface area contributed by atoms with Crippen molar-refractivity contribution in [3.8, 4) is 0 Å². The van der Waals surface area contributed by atoms with Crippen molar-refractivity contribution in [2.45, 2.75) is 57.7 Å². The summed E-state index contributed by atoms with van der Waals surface area (Å²) >= 11 is 0. The molecule has 1 aromatic heterocycles. The highest BCUT2D eigenvalue weighted by atomic mass is 16.6. The van der Waals surface area contributed by atoms with E-state index < -0.39 is 22.0 Å². The molecule has 0 radical (unpaired) electrons. The van der Waals surface area contributed by atoms with Crippen molar-refractivity contribution in [3.05, 3.63) is 28.1 Å². The lowest BCUT2D eigenvalue weighted by molar-refractivity contribution is -0.384. The van der Waals surface area contributed by atoms with Crippen molar-refractivity contribution in [2.75, 3.05) is 0 Å². The van der Waals surface area contributed by atoms with Gasteiger partial charge in [-0.3, -0.25) is 14.9 Å². The van der Waals surface area contributed by atoms with Crippen LogP contribution in [0.3, 0.4) is 0 Å². The van der Waals surface area contributed by atoms with Crippen LogP contribution < -0.4 is 5.32 Å². The van der Waals surface area contributed by atoms with E-state index in [2.05, 4.69) is 5.32 Å². The van der Waals surface area contributed by atoms with Crippen molar-refractivity contribution in [1.82, 2.24) is 9.88 Å². The summed E-state index contributed by atoms with van der Waals surface area (Å²) in [5.41, 5.74) is -1.81. The first-order valence-corrected chi connectivity index (χ1v) is 6.94. The Labute approximate surface area is 123 Å². The maximum Gasteiger partial charge on any atom is 0.287 e. The molecule has 2 rings (SSSR count). The largest absolute Gasteiger partial charge is 0.388 e. The fraction of sp³-hybridized carbons (Fsp3) is 0.643. The lowest BCUT2D eigenvalue weighted by Gasteiger charge is -2.38. The van der Waals surface area contributed by atoms with E-state index in [0.29, 0.717) is 0 Å². The van der Waals surface area contributed by atoms with E-state index in [1.165, 1.54) is 12.3 Å². The Balaban J connectivity index is 2.29. The van der Waals surface area contributed by atoms with Crippen LogP contribution in [0.5, 0.6) is 0 Å². The Morgan fingerprint density at radius 1 is 1.43 bits per heavy atom. The molecule has 1 aromatic rings. The summed E-state index contributed by atoms with van der Waals surface area (Å²) in [5, 5.41) is 23.7. The van der Waals surface area contributed by atoms with Crippen molar-refractivity contribution in [2.24, 2.45) is 0 Å². The van der Waals surface area contributed by atoms with Gasteiger partial charge in [0, 0.05) is 12.1 Å². The number of rotatable bonds is 5. The molecule has 116 valence electrons. The number of nitrogens with one attached hydrogen (secondary N) is 1. The van der Waals surface area contributed by atoms with Crippen LogP contribution in [0.1, 0.15) is 57.1 Å². The number of amides is 1.